The van der Waals surface area contributed by atoms with Crippen molar-refractivity contribution in [2.45, 2.75) is 65.0 Å². The first-order chi connectivity index (χ1) is 13.2. The average Bonchev–Trinajstić information content (AvgIpc) is 2.67. The fourth-order valence-electron chi connectivity index (χ4n) is 2.07. The minimum Gasteiger partial charge on any atom is -0.464 e. The van der Waals surface area contributed by atoms with E-state index in [4.69, 9.17) is 0 Å². The van der Waals surface area contributed by atoms with Crippen molar-refractivity contribution < 1.29 is 13.9 Å². The summed E-state index contributed by atoms with van der Waals surface area (Å²) in [5.41, 5.74) is 0. The third kappa shape index (κ3) is 18.4. The molecule has 0 saturated carbocycles. The highest BCUT2D eigenvalue weighted by Crippen LogP contribution is 2.03. The first-order valence-electron chi connectivity index (χ1n) is 9.93. The second kappa shape index (κ2) is 20.2. The second-order valence-corrected chi connectivity index (χ2v) is 5.87. The zero-order valence-electron chi connectivity index (χ0n) is 16.9. The van der Waals surface area contributed by atoms with Crippen LogP contribution in [0.5, 0.6) is 0 Å². The summed E-state index contributed by atoms with van der Waals surface area (Å²) in [7, 11) is 0. The number of halogens is 1. The Morgan fingerprint density at radius 2 is 1.07 bits per heavy atom. The molecule has 0 spiro atoms. The Balaban J connectivity index is 3.65. The molecule has 0 aromatic rings. The molecule has 0 aliphatic heterocycles. The molecular weight excluding hydrogens is 339 g/mol. The van der Waals surface area contributed by atoms with E-state index in [1.54, 1.807) is 13.0 Å². The molecule has 0 amide bonds. The van der Waals surface area contributed by atoms with Gasteiger partial charge in [0, 0.05) is 6.42 Å². The van der Waals surface area contributed by atoms with Crippen LogP contribution in [0.1, 0.15) is 58.8 Å². The number of allylic oxidation sites excluding steroid dienone is 12. The highest BCUT2D eigenvalue weighted by atomic mass is 19.1. The van der Waals surface area contributed by atoms with E-state index in [-0.39, 0.29) is 13.0 Å². The molecule has 0 radical (unpaired) electrons. The van der Waals surface area contributed by atoms with Gasteiger partial charge in [-0.05, 0) is 45.4 Å². The van der Waals surface area contributed by atoms with E-state index in [2.05, 4.69) is 66.3 Å². The van der Waals surface area contributed by atoms with E-state index in [1.165, 1.54) is 0 Å². The van der Waals surface area contributed by atoms with E-state index in [0.717, 1.165) is 38.5 Å². The summed E-state index contributed by atoms with van der Waals surface area (Å²) in [6.45, 7) is 4.02. The first kappa shape index (κ1) is 24.8. The number of carbonyl (C=O) groups is 1. The van der Waals surface area contributed by atoms with Crippen molar-refractivity contribution in [3.05, 3.63) is 72.9 Å². The molecule has 0 aromatic heterocycles. The summed E-state index contributed by atoms with van der Waals surface area (Å²) in [5, 5.41) is 0. The lowest BCUT2D eigenvalue weighted by Gasteiger charge is -2.03. The van der Waals surface area contributed by atoms with Crippen molar-refractivity contribution in [2.75, 3.05) is 6.61 Å². The summed E-state index contributed by atoms with van der Waals surface area (Å²) in [6.07, 6.45) is 29.2. The average molecular weight is 375 g/mol. The molecule has 150 valence electrons. The van der Waals surface area contributed by atoms with Crippen molar-refractivity contribution in [1.82, 2.24) is 0 Å². The molecule has 1 atom stereocenters. The molecule has 0 bridgehead atoms. The van der Waals surface area contributed by atoms with E-state index in [9.17, 15) is 9.18 Å². The van der Waals surface area contributed by atoms with Crippen molar-refractivity contribution in [3.8, 4) is 0 Å². The lowest BCUT2D eigenvalue weighted by atomic mass is 10.2. The van der Waals surface area contributed by atoms with Gasteiger partial charge in [0.05, 0.1) is 6.61 Å². The second-order valence-electron chi connectivity index (χ2n) is 5.87. The van der Waals surface area contributed by atoms with Gasteiger partial charge in [0.1, 0.15) is 0 Å². The van der Waals surface area contributed by atoms with E-state index in [0.29, 0.717) is 0 Å². The maximum Gasteiger partial charge on any atom is 0.341 e. The van der Waals surface area contributed by atoms with Crippen LogP contribution in [0.2, 0.25) is 0 Å². The minimum absolute atomic E-state index is 0.0730. The summed E-state index contributed by atoms with van der Waals surface area (Å²) >= 11 is 0. The molecule has 0 N–H and O–H groups in total. The number of alkyl halides is 1. The van der Waals surface area contributed by atoms with Crippen LogP contribution in [-0.2, 0) is 9.53 Å². The largest absolute Gasteiger partial charge is 0.464 e. The van der Waals surface area contributed by atoms with Crippen molar-refractivity contribution in [1.29, 1.82) is 0 Å². The predicted octanol–water partition coefficient (Wildman–Crippen LogP) is 6.98. The summed E-state index contributed by atoms with van der Waals surface area (Å²) in [5.74, 6) is -0.781. The van der Waals surface area contributed by atoms with Crippen LogP contribution in [0.4, 0.5) is 4.39 Å². The van der Waals surface area contributed by atoms with Crippen LogP contribution in [0.3, 0.4) is 0 Å². The fourth-order valence-corrected chi connectivity index (χ4v) is 2.07. The smallest absolute Gasteiger partial charge is 0.341 e. The van der Waals surface area contributed by atoms with E-state index < -0.39 is 12.1 Å². The van der Waals surface area contributed by atoms with Gasteiger partial charge < -0.3 is 4.74 Å². The molecule has 2 nitrogen and oxygen atoms in total. The van der Waals surface area contributed by atoms with Gasteiger partial charge in [-0.3, -0.25) is 0 Å². The molecule has 0 heterocycles. The van der Waals surface area contributed by atoms with Crippen molar-refractivity contribution in [2.24, 2.45) is 0 Å². The summed E-state index contributed by atoms with van der Waals surface area (Å²) in [6, 6.07) is 0. The van der Waals surface area contributed by atoms with Gasteiger partial charge in [0.2, 0.25) is 6.17 Å². The Kier molecular flexibility index (Phi) is 18.5. The zero-order chi connectivity index (χ0) is 20.0. The summed E-state index contributed by atoms with van der Waals surface area (Å²) < 4.78 is 17.9. The van der Waals surface area contributed by atoms with Crippen LogP contribution in [0.25, 0.3) is 0 Å². The Morgan fingerprint density at radius 3 is 1.44 bits per heavy atom. The summed E-state index contributed by atoms with van der Waals surface area (Å²) in [4.78, 5) is 11.1. The van der Waals surface area contributed by atoms with Crippen molar-refractivity contribution in [3.63, 3.8) is 0 Å². The maximum atomic E-state index is 13.3. The van der Waals surface area contributed by atoms with Crippen LogP contribution >= 0.6 is 0 Å². The Bertz CT molecular complexity index is 524. The monoisotopic (exact) mass is 374 g/mol. The standard InChI is InChI=1S/C24H35FO2/c1-3-5-6-7-8-9-10-11-12-13-14-15-16-17-18-19-20-21-22-23(25)24(26)27-4-2/h5-6,8-9,11-12,14-15,17-18,20-21,23H,3-4,7,10,13,16,19,22H2,1-2H3. The maximum absolute atomic E-state index is 13.3. The van der Waals surface area contributed by atoms with Crippen LogP contribution < -0.4 is 0 Å². The number of rotatable bonds is 15. The highest BCUT2D eigenvalue weighted by molar-refractivity contribution is 5.74. The number of hydrogen-bond acceptors (Lipinski definition) is 2. The number of ether oxygens (including phenoxy) is 1. The molecule has 0 aliphatic rings. The minimum atomic E-state index is -1.56. The normalized spacial score (nSPS) is 14.0. The highest BCUT2D eigenvalue weighted by Gasteiger charge is 2.15. The van der Waals surface area contributed by atoms with Gasteiger partial charge in [-0.25, -0.2) is 9.18 Å². The fraction of sp³-hybridized carbons (Fsp3) is 0.458. The molecule has 27 heavy (non-hydrogen) atoms. The van der Waals surface area contributed by atoms with Crippen LogP contribution in [-0.4, -0.2) is 18.7 Å². The third-order valence-corrected chi connectivity index (χ3v) is 3.48. The SMILES string of the molecule is CCC=CCC=CCC=CCC=CCC=CCC=CCC(F)C(=O)OCC. The third-order valence-electron chi connectivity index (χ3n) is 3.48. The number of esters is 1. The van der Waals surface area contributed by atoms with E-state index in [1.807, 2.05) is 12.2 Å². The quantitative estimate of drug-likeness (QED) is 0.228. The van der Waals surface area contributed by atoms with Gasteiger partial charge in [-0.15, -0.1) is 0 Å². The molecule has 3 heteroatoms. The molecule has 0 fully saturated rings. The van der Waals surface area contributed by atoms with Gasteiger partial charge in [-0.2, -0.15) is 0 Å². The molecule has 0 aliphatic carbocycles. The molecule has 1 unspecified atom stereocenters. The van der Waals surface area contributed by atoms with Crippen LogP contribution in [0, 0.1) is 0 Å². The zero-order valence-corrected chi connectivity index (χ0v) is 16.9. The van der Waals surface area contributed by atoms with Crippen LogP contribution in [0.15, 0.2) is 72.9 Å². The Hall–Kier alpha value is -2.16. The van der Waals surface area contributed by atoms with Crippen molar-refractivity contribution >= 4 is 5.97 Å². The van der Waals surface area contributed by atoms with Gasteiger partial charge in [-0.1, -0.05) is 79.8 Å². The number of carbonyl (C=O) groups excluding carboxylic acids is 1. The first-order valence-corrected chi connectivity index (χ1v) is 9.93. The van der Waals surface area contributed by atoms with Gasteiger partial charge in [0.25, 0.3) is 0 Å². The molecule has 0 saturated heterocycles. The predicted molar refractivity (Wildman–Crippen MR) is 114 cm³/mol. The number of hydrogen-bond donors (Lipinski definition) is 0. The molecule has 0 aromatic carbocycles. The van der Waals surface area contributed by atoms with Gasteiger partial charge in [0.15, 0.2) is 0 Å². The Labute approximate surface area is 164 Å². The lowest BCUT2D eigenvalue weighted by Crippen LogP contribution is -2.17. The lowest BCUT2D eigenvalue weighted by molar-refractivity contribution is -0.148. The molecule has 0 rings (SSSR count). The Morgan fingerprint density at radius 1 is 0.704 bits per heavy atom. The topological polar surface area (TPSA) is 26.3 Å². The molecular formula is C24H35FO2. The van der Waals surface area contributed by atoms with E-state index >= 15 is 0 Å². The van der Waals surface area contributed by atoms with Gasteiger partial charge >= 0.3 is 5.97 Å².